The monoisotopic (exact) mass is 373 g/mol. The lowest BCUT2D eigenvalue weighted by molar-refractivity contribution is 0.0106. The van der Waals surface area contributed by atoms with Crippen molar-refractivity contribution in [3.63, 3.8) is 0 Å². The number of halogens is 2. The minimum absolute atomic E-state index is 0.00977. The van der Waals surface area contributed by atoms with E-state index in [1.165, 1.54) is 0 Å². The smallest absolute Gasteiger partial charge is 0.410 e. The molecular weight excluding hydrogens is 349 g/mol. The summed E-state index contributed by atoms with van der Waals surface area (Å²) in [4.78, 5) is 16.1. The van der Waals surface area contributed by atoms with E-state index in [1.807, 2.05) is 32.9 Å². The van der Waals surface area contributed by atoms with Gasteiger partial charge in [0.25, 0.3) is 0 Å². The van der Waals surface area contributed by atoms with E-state index in [2.05, 4.69) is 4.90 Å². The Hall–Kier alpha value is -1.01. The van der Waals surface area contributed by atoms with Crippen molar-refractivity contribution in [3.8, 4) is 0 Å². The Labute approximate surface area is 153 Å². The van der Waals surface area contributed by atoms with Gasteiger partial charge in [0, 0.05) is 48.8 Å². The molecule has 0 aromatic heterocycles. The highest BCUT2D eigenvalue weighted by Crippen LogP contribution is 2.30. The van der Waals surface area contributed by atoms with Crippen LogP contribution < -0.4 is 5.73 Å². The van der Waals surface area contributed by atoms with Crippen LogP contribution in [-0.4, -0.2) is 54.2 Å². The second-order valence-electron chi connectivity index (χ2n) is 6.92. The molecule has 5 nitrogen and oxygen atoms in total. The Kier molecular flexibility index (Phi) is 6.37. The molecule has 1 aliphatic rings. The van der Waals surface area contributed by atoms with Crippen LogP contribution in [0.2, 0.25) is 10.0 Å². The first-order chi connectivity index (χ1) is 11.2. The number of carbonyl (C=O) groups is 1. The first-order valence-corrected chi connectivity index (χ1v) is 8.84. The van der Waals surface area contributed by atoms with E-state index in [9.17, 15) is 4.79 Å². The molecule has 0 radical (unpaired) electrons. The van der Waals surface area contributed by atoms with E-state index in [-0.39, 0.29) is 12.1 Å². The highest BCUT2D eigenvalue weighted by atomic mass is 35.5. The summed E-state index contributed by atoms with van der Waals surface area (Å²) < 4.78 is 5.42. The maximum atomic E-state index is 12.1. The van der Waals surface area contributed by atoms with Crippen LogP contribution in [0.3, 0.4) is 0 Å². The van der Waals surface area contributed by atoms with E-state index in [0.717, 1.165) is 18.7 Å². The predicted molar refractivity (Wildman–Crippen MR) is 97.6 cm³/mol. The fourth-order valence-corrected chi connectivity index (χ4v) is 3.32. The molecule has 0 saturated carbocycles. The van der Waals surface area contributed by atoms with E-state index < -0.39 is 5.60 Å². The van der Waals surface area contributed by atoms with E-state index in [4.69, 9.17) is 33.7 Å². The molecule has 2 rings (SSSR count). The molecule has 1 aromatic carbocycles. The number of ether oxygens (including phenoxy) is 1. The molecule has 1 fully saturated rings. The Bertz CT molecular complexity index is 582. The van der Waals surface area contributed by atoms with Gasteiger partial charge in [-0.2, -0.15) is 0 Å². The number of nitrogens with two attached hydrogens (primary N) is 1. The van der Waals surface area contributed by atoms with Gasteiger partial charge in [0.2, 0.25) is 0 Å². The quantitative estimate of drug-likeness (QED) is 0.879. The number of carbonyl (C=O) groups excluding carboxylic acids is 1. The molecule has 1 heterocycles. The van der Waals surface area contributed by atoms with Crippen LogP contribution in [0, 0.1) is 0 Å². The second kappa shape index (κ2) is 7.91. The summed E-state index contributed by atoms with van der Waals surface area (Å²) in [5.74, 6) is 0. The van der Waals surface area contributed by atoms with Crippen LogP contribution in [0.5, 0.6) is 0 Å². The molecule has 7 heteroatoms. The fraction of sp³-hybridized carbons (Fsp3) is 0.588. The Morgan fingerprint density at radius 1 is 1.25 bits per heavy atom. The Morgan fingerprint density at radius 2 is 1.88 bits per heavy atom. The standard InChI is InChI=1S/C17H25Cl2N3O2/c1-17(2,3)24-16(23)22-8-6-21(7-9-22)15(11-20)13-5-4-12(18)10-14(13)19/h4-5,10,15H,6-9,11,20H2,1-3H3. The number of amides is 1. The van der Waals surface area contributed by atoms with Gasteiger partial charge in [-0.15, -0.1) is 0 Å². The predicted octanol–water partition coefficient (Wildman–Crippen LogP) is 3.55. The zero-order valence-electron chi connectivity index (χ0n) is 14.4. The van der Waals surface area contributed by atoms with Crippen molar-refractivity contribution in [2.75, 3.05) is 32.7 Å². The molecule has 1 aromatic rings. The molecule has 1 amide bonds. The lowest BCUT2D eigenvalue weighted by Crippen LogP contribution is -2.51. The number of piperazine rings is 1. The van der Waals surface area contributed by atoms with Gasteiger partial charge in [0.15, 0.2) is 0 Å². The van der Waals surface area contributed by atoms with Gasteiger partial charge < -0.3 is 15.4 Å². The van der Waals surface area contributed by atoms with Crippen LogP contribution in [-0.2, 0) is 4.74 Å². The normalized spacial score (nSPS) is 17.7. The zero-order chi connectivity index (χ0) is 17.9. The van der Waals surface area contributed by atoms with Gasteiger partial charge in [-0.05, 0) is 38.5 Å². The summed E-state index contributed by atoms with van der Waals surface area (Å²) in [6.07, 6.45) is -0.268. The summed E-state index contributed by atoms with van der Waals surface area (Å²) in [5, 5.41) is 1.22. The fourth-order valence-electron chi connectivity index (χ4n) is 2.79. The summed E-state index contributed by atoms with van der Waals surface area (Å²) in [5.41, 5.74) is 6.47. The molecular formula is C17H25Cl2N3O2. The largest absolute Gasteiger partial charge is 0.444 e. The highest BCUT2D eigenvalue weighted by Gasteiger charge is 2.29. The van der Waals surface area contributed by atoms with Gasteiger partial charge in [-0.3, -0.25) is 4.90 Å². The average Bonchev–Trinajstić information content (AvgIpc) is 2.49. The van der Waals surface area contributed by atoms with Crippen LogP contribution in [0.25, 0.3) is 0 Å². The van der Waals surface area contributed by atoms with Crippen LogP contribution in [0.15, 0.2) is 18.2 Å². The molecule has 1 unspecified atom stereocenters. The minimum Gasteiger partial charge on any atom is -0.444 e. The molecule has 1 aliphatic heterocycles. The molecule has 2 N–H and O–H groups in total. The lowest BCUT2D eigenvalue weighted by Gasteiger charge is -2.39. The van der Waals surface area contributed by atoms with Gasteiger partial charge >= 0.3 is 6.09 Å². The number of hydrogen-bond donors (Lipinski definition) is 1. The topological polar surface area (TPSA) is 58.8 Å². The number of hydrogen-bond acceptors (Lipinski definition) is 4. The molecule has 24 heavy (non-hydrogen) atoms. The van der Waals surface area contributed by atoms with Crippen molar-refractivity contribution in [1.29, 1.82) is 0 Å². The second-order valence-corrected chi connectivity index (χ2v) is 7.76. The third-order valence-corrected chi connectivity index (χ3v) is 4.51. The lowest BCUT2D eigenvalue weighted by atomic mass is 10.0. The third-order valence-electron chi connectivity index (χ3n) is 3.95. The third kappa shape index (κ3) is 4.99. The van der Waals surface area contributed by atoms with Gasteiger partial charge in [0.1, 0.15) is 5.60 Å². The average molecular weight is 374 g/mol. The van der Waals surface area contributed by atoms with Crippen LogP contribution >= 0.6 is 23.2 Å². The van der Waals surface area contributed by atoms with Crippen molar-refractivity contribution in [3.05, 3.63) is 33.8 Å². The maximum Gasteiger partial charge on any atom is 0.410 e. The molecule has 0 bridgehead atoms. The van der Waals surface area contributed by atoms with Crippen molar-refractivity contribution >= 4 is 29.3 Å². The van der Waals surface area contributed by atoms with Gasteiger partial charge in [0.05, 0.1) is 0 Å². The van der Waals surface area contributed by atoms with Gasteiger partial charge in [-0.25, -0.2) is 4.79 Å². The molecule has 1 saturated heterocycles. The first-order valence-electron chi connectivity index (χ1n) is 8.08. The van der Waals surface area contributed by atoms with E-state index >= 15 is 0 Å². The summed E-state index contributed by atoms with van der Waals surface area (Å²) >= 11 is 12.3. The molecule has 1 atom stereocenters. The van der Waals surface area contributed by atoms with E-state index in [1.54, 1.807) is 11.0 Å². The molecule has 0 spiro atoms. The summed E-state index contributed by atoms with van der Waals surface area (Å²) in [6.45, 7) is 8.72. The zero-order valence-corrected chi connectivity index (χ0v) is 15.9. The number of benzene rings is 1. The van der Waals surface area contributed by atoms with Crippen molar-refractivity contribution in [1.82, 2.24) is 9.80 Å². The molecule has 0 aliphatic carbocycles. The SMILES string of the molecule is CC(C)(C)OC(=O)N1CCN(C(CN)c2ccc(Cl)cc2Cl)CC1. The number of nitrogens with zero attached hydrogens (tertiary/aromatic N) is 2. The maximum absolute atomic E-state index is 12.1. The van der Waals surface area contributed by atoms with Crippen molar-refractivity contribution < 1.29 is 9.53 Å². The minimum atomic E-state index is -0.481. The highest BCUT2D eigenvalue weighted by molar-refractivity contribution is 6.35. The Balaban J connectivity index is 2.00. The number of rotatable bonds is 3. The van der Waals surface area contributed by atoms with Crippen LogP contribution in [0.4, 0.5) is 4.79 Å². The molecule has 134 valence electrons. The summed E-state index contributed by atoms with van der Waals surface area (Å²) in [6, 6.07) is 5.48. The van der Waals surface area contributed by atoms with Crippen LogP contribution in [0.1, 0.15) is 32.4 Å². The summed E-state index contributed by atoms with van der Waals surface area (Å²) in [7, 11) is 0. The van der Waals surface area contributed by atoms with Gasteiger partial charge in [-0.1, -0.05) is 29.3 Å². The first kappa shape index (κ1) is 19.3. The van der Waals surface area contributed by atoms with E-state index in [0.29, 0.717) is 29.7 Å². The van der Waals surface area contributed by atoms with Crippen molar-refractivity contribution in [2.45, 2.75) is 32.4 Å². The Morgan fingerprint density at radius 3 is 2.38 bits per heavy atom. The van der Waals surface area contributed by atoms with Crippen molar-refractivity contribution in [2.24, 2.45) is 5.73 Å².